The summed E-state index contributed by atoms with van der Waals surface area (Å²) >= 11 is 2.69. The molecule has 0 spiro atoms. The topological polar surface area (TPSA) is 71.8 Å². The Kier molecular flexibility index (Phi) is 3.82. The van der Waals surface area contributed by atoms with Crippen LogP contribution in [-0.2, 0) is 6.54 Å². The van der Waals surface area contributed by atoms with Gasteiger partial charge in [0, 0.05) is 17.5 Å². The summed E-state index contributed by atoms with van der Waals surface area (Å²) in [4.78, 5) is 17.9. The molecule has 0 atom stereocenters. The molecule has 3 aromatic rings. The largest absolute Gasteiger partial charge is 0.464 e. The Balaban J connectivity index is 2.25. The SMILES string of the molecule is CCn1c(SCC#N)nc2scc(-c3ccco3)c2c1=O. The number of aromatic nitrogens is 2. The number of hydrogen-bond donors (Lipinski definition) is 0. The summed E-state index contributed by atoms with van der Waals surface area (Å²) in [5.74, 6) is 0.939. The Labute approximate surface area is 128 Å². The zero-order valence-corrected chi connectivity index (χ0v) is 12.8. The van der Waals surface area contributed by atoms with Crippen LogP contribution in [-0.4, -0.2) is 15.3 Å². The predicted molar refractivity (Wildman–Crippen MR) is 83.6 cm³/mol. The van der Waals surface area contributed by atoms with Crippen molar-refractivity contribution in [3.05, 3.63) is 34.1 Å². The second-order valence-corrected chi connectivity index (χ2v) is 6.00. The number of thiophene rings is 1. The molecule has 0 unspecified atom stereocenters. The molecule has 0 aliphatic carbocycles. The third-order valence-electron chi connectivity index (χ3n) is 3.03. The van der Waals surface area contributed by atoms with E-state index in [0.717, 1.165) is 5.56 Å². The van der Waals surface area contributed by atoms with Crippen LogP contribution in [0.2, 0.25) is 0 Å². The molecule has 0 radical (unpaired) electrons. The van der Waals surface area contributed by atoms with Crippen LogP contribution in [0.5, 0.6) is 0 Å². The summed E-state index contributed by atoms with van der Waals surface area (Å²) < 4.78 is 6.99. The number of hydrogen-bond acceptors (Lipinski definition) is 6. The van der Waals surface area contributed by atoms with E-state index >= 15 is 0 Å². The molecule has 0 N–H and O–H groups in total. The van der Waals surface area contributed by atoms with Gasteiger partial charge in [-0.15, -0.1) is 11.3 Å². The fourth-order valence-electron chi connectivity index (χ4n) is 2.10. The predicted octanol–water partition coefficient (Wildman–Crippen LogP) is 3.35. The lowest BCUT2D eigenvalue weighted by Crippen LogP contribution is -2.22. The summed E-state index contributed by atoms with van der Waals surface area (Å²) in [6.07, 6.45) is 1.59. The number of fused-ring (bicyclic) bond motifs is 1. The summed E-state index contributed by atoms with van der Waals surface area (Å²) in [7, 11) is 0. The fourth-order valence-corrected chi connectivity index (χ4v) is 3.80. The van der Waals surface area contributed by atoms with Crippen molar-refractivity contribution < 1.29 is 4.42 Å². The van der Waals surface area contributed by atoms with Crippen LogP contribution in [0, 0.1) is 11.3 Å². The van der Waals surface area contributed by atoms with Crippen molar-refractivity contribution in [3.63, 3.8) is 0 Å². The van der Waals surface area contributed by atoms with Crippen molar-refractivity contribution in [1.82, 2.24) is 9.55 Å². The first-order chi connectivity index (χ1) is 10.3. The van der Waals surface area contributed by atoms with Crippen LogP contribution < -0.4 is 5.56 Å². The molecule has 0 fully saturated rings. The minimum absolute atomic E-state index is 0.0874. The highest BCUT2D eigenvalue weighted by atomic mass is 32.2. The molecule has 0 aromatic carbocycles. The van der Waals surface area contributed by atoms with E-state index in [1.807, 2.05) is 18.4 Å². The number of thioether (sulfide) groups is 1. The minimum Gasteiger partial charge on any atom is -0.464 e. The van der Waals surface area contributed by atoms with Gasteiger partial charge in [0.2, 0.25) is 0 Å². The summed E-state index contributed by atoms with van der Waals surface area (Å²) in [5, 5.41) is 11.8. The molecule has 0 aliphatic heterocycles. The van der Waals surface area contributed by atoms with Gasteiger partial charge in [-0.1, -0.05) is 11.8 Å². The molecular weight excluding hydrogens is 306 g/mol. The monoisotopic (exact) mass is 317 g/mol. The molecule has 21 heavy (non-hydrogen) atoms. The molecule has 106 valence electrons. The van der Waals surface area contributed by atoms with Crippen LogP contribution >= 0.6 is 23.1 Å². The van der Waals surface area contributed by atoms with Crippen LogP contribution in [0.15, 0.2) is 38.1 Å². The van der Waals surface area contributed by atoms with Crippen LogP contribution in [0.4, 0.5) is 0 Å². The highest BCUT2D eigenvalue weighted by molar-refractivity contribution is 7.99. The quantitative estimate of drug-likeness (QED) is 0.545. The Morgan fingerprint density at radius 2 is 2.43 bits per heavy atom. The molecule has 3 heterocycles. The molecule has 0 aliphatic rings. The number of furan rings is 1. The summed E-state index contributed by atoms with van der Waals surface area (Å²) in [5.41, 5.74) is 0.687. The van der Waals surface area contributed by atoms with Gasteiger partial charge in [0.15, 0.2) is 5.16 Å². The van der Waals surface area contributed by atoms with Crippen LogP contribution in [0.1, 0.15) is 6.92 Å². The third kappa shape index (κ3) is 2.37. The average molecular weight is 317 g/mol. The Morgan fingerprint density at radius 3 is 3.10 bits per heavy atom. The second kappa shape index (κ2) is 5.76. The van der Waals surface area contributed by atoms with Crippen molar-refractivity contribution in [2.45, 2.75) is 18.6 Å². The van der Waals surface area contributed by atoms with Crippen molar-refractivity contribution in [2.24, 2.45) is 0 Å². The van der Waals surface area contributed by atoms with E-state index in [2.05, 4.69) is 11.1 Å². The van der Waals surface area contributed by atoms with Gasteiger partial charge in [0.05, 0.1) is 23.5 Å². The molecule has 0 bridgehead atoms. The molecule has 5 nitrogen and oxygen atoms in total. The summed E-state index contributed by atoms with van der Waals surface area (Å²) in [6.45, 7) is 2.41. The van der Waals surface area contributed by atoms with E-state index in [1.165, 1.54) is 23.1 Å². The van der Waals surface area contributed by atoms with Gasteiger partial charge in [0.1, 0.15) is 10.6 Å². The number of rotatable bonds is 4. The molecule has 3 aromatic heterocycles. The number of nitrogens with zero attached hydrogens (tertiary/aromatic N) is 3. The Hall–Kier alpha value is -2.04. The first-order valence-corrected chi connectivity index (χ1v) is 8.18. The van der Waals surface area contributed by atoms with Gasteiger partial charge in [-0.05, 0) is 19.1 Å². The minimum atomic E-state index is -0.0874. The molecule has 3 rings (SSSR count). The van der Waals surface area contributed by atoms with E-state index in [0.29, 0.717) is 27.7 Å². The standard InChI is InChI=1S/C14H11N3O2S2/c1-2-17-13(18)11-9(10-4-3-6-19-10)8-21-12(11)16-14(17)20-7-5-15/h3-4,6,8H,2,7H2,1H3. The summed E-state index contributed by atoms with van der Waals surface area (Å²) in [6, 6.07) is 5.68. The Morgan fingerprint density at radius 1 is 1.57 bits per heavy atom. The first-order valence-electron chi connectivity index (χ1n) is 6.32. The van der Waals surface area contributed by atoms with E-state index < -0.39 is 0 Å². The highest BCUT2D eigenvalue weighted by Gasteiger charge is 2.17. The van der Waals surface area contributed by atoms with Gasteiger partial charge >= 0.3 is 0 Å². The van der Waals surface area contributed by atoms with E-state index in [1.54, 1.807) is 16.9 Å². The zero-order valence-electron chi connectivity index (χ0n) is 11.2. The lowest BCUT2D eigenvalue weighted by Gasteiger charge is -2.08. The lowest BCUT2D eigenvalue weighted by atomic mass is 10.2. The molecule has 0 amide bonds. The normalized spacial score (nSPS) is 10.9. The Bertz CT molecular complexity index is 872. The van der Waals surface area contributed by atoms with Crippen molar-refractivity contribution in [1.29, 1.82) is 5.26 Å². The van der Waals surface area contributed by atoms with Gasteiger partial charge in [-0.25, -0.2) is 4.98 Å². The molecule has 0 saturated carbocycles. The first kappa shape index (κ1) is 13.9. The van der Waals surface area contributed by atoms with Crippen LogP contribution in [0.25, 0.3) is 21.5 Å². The van der Waals surface area contributed by atoms with E-state index in [4.69, 9.17) is 9.68 Å². The van der Waals surface area contributed by atoms with Gasteiger partial charge in [-0.2, -0.15) is 5.26 Å². The second-order valence-electron chi connectivity index (χ2n) is 4.20. The molecular formula is C14H11N3O2S2. The molecule has 0 saturated heterocycles. The maximum absolute atomic E-state index is 12.7. The van der Waals surface area contributed by atoms with Gasteiger partial charge < -0.3 is 4.42 Å². The highest BCUT2D eigenvalue weighted by Crippen LogP contribution is 2.32. The number of nitriles is 1. The van der Waals surface area contributed by atoms with E-state index in [-0.39, 0.29) is 11.3 Å². The van der Waals surface area contributed by atoms with Gasteiger partial charge in [-0.3, -0.25) is 9.36 Å². The maximum atomic E-state index is 12.7. The van der Waals surface area contributed by atoms with Gasteiger partial charge in [0.25, 0.3) is 5.56 Å². The third-order valence-corrected chi connectivity index (χ3v) is 4.74. The fraction of sp³-hybridized carbons (Fsp3) is 0.214. The zero-order chi connectivity index (χ0) is 14.8. The lowest BCUT2D eigenvalue weighted by molar-refractivity contribution is 0.582. The van der Waals surface area contributed by atoms with Crippen molar-refractivity contribution >= 4 is 33.3 Å². The van der Waals surface area contributed by atoms with Crippen molar-refractivity contribution in [2.75, 3.05) is 5.75 Å². The smallest absolute Gasteiger partial charge is 0.263 e. The molecule has 7 heteroatoms. The van der Waals surface area contributed by atoms with E-state index in [9.17, 15) is 4.79 Å². The van der Waals surface area contributed by atoms with Crippen LogP contribution in [0.3, 0.4) is 0 Å². The average Bonchev–Trinajstić information content (AvgIpc) is 3.13. The maximum Gasteiger partial charge on any atom is 0.263 e. The van der Waals surface area contributed by atoms with Crippen molar-refractivity contribution in [3.8, 4) is 17.4 Å².